The molecule has 72 valence electrons. The maximum absolute atomic E-state index is 11.0. The summed E-state index contributed by atoms with van der Waals surface area (Å²) in [4.78, 5) is 22.0. The highest BCUT2D eigenvalue weighted by atomic mass is 32.1. The highest BCUT2D eigenvalue weighted by molar-refractivity contribution is 7.10. The minimum Gasteiger partial charge on any atom is -0.368 e. The predicted octanol–water partition coefficient (Wildman–Crippen LogP) is 0.784. The van der Waals surface area contributed by atoms with Crippen molar-refractivity contribution in [2.24, 2.45) is 0 Å². The van der Waals surface area contributed by atoms with Crippen molar-refractivity contribution in [3.05, 3.63) is 26.8 Å². The number of aromatic nitrogens is 3. The van der Waals surface area contributed by atoms with Crippen LogP contribution in [0.4, 0.5) is 5.95 Å². The van der Waals surface area contributed by atoms with Crippen LogP contribution in [0.25, 0.3) is 11.4 Å². The molecule has 0 aromatic carbocycles. The van der Waals surface area contributed by atoms with Crippen LogP contribution in [0.1, 0.15) is 4.88 Å². The average Bonchev–Trinajstić information content (AvgIpc) is 2.50. The van der Waals surface area contributed by atoms with Crippen LogP contribution < -0.4 is 11.4 Å². The number of rotatable bonds is 1. The molecule has 0 atom stereocenters. The van der Waals surface area contributed by atoms with Gasteiger partial charge >= 0.3 is 5.69 Å². The molecule has 2 heterocycles. The lowest BCUT2D eigenvalue weighted by atomic mass is 10.3. The lowest BCUT2D eigenvalue weighted by Crippen LogP contribution is -2.15. The van der Waals surface area contributed by atoms with E-state index in [-0.39, 0.29) is 5.95 Å². The molecule has 0 bridgehead atoms. The number of nitrogen functional groups attached to an aromatic ring is 1. The minimum atomic E-state index is -0.476. The van der Waals surface area contributed by atoms with Crippen molar-refractivity contribution >= 4 is 17.3 Å². The quantitative estimate of drug-likeness (QED) is 0.725. The van der Waals surface area contributed by atoms with Gasteiger partial charge in [-0.1, -0.05) is 0 Å². The second-order valence-electron chi connectivity index (χ2n) is 2.81. The van der Waals surface area contributed by atoms with Crippen molar-refractivity contribution in [2.75, 3.05) is 5.73 Å². The van der Waals surface area contributed by atoms with Crippen molar-refractivity contribution in [1.29, 1.82) is 0 Å². The zero-order valence-corrected chi connectivity index (χ0v) is 8.26. The topological polar surface area (TPSA) is 84.7 Å². The standard InChI is InChI=1S/C8H8N4OS/c1-4-2-5(3-14-4)6-10-7(9)12-8(13)11-6/h2-3H,1H3,(H3,9,10,11,12,13). The number of nitrogens with zero attached hydrogens (tertiary/aromatic N) is 2. The molecule has 2 rings (SSSR count). The lowest BCUT2D eigenvalue weighted by Gasteiger charge is -1.96. The fraction of sp³-hybridized carbons (Fsp3) is 0.125. The summed E-state index contributed by atoms with van der Waals surface area (Å²) >= 11 is 1.59. The van der Waals surface area contributed by atoms with Gasteiger partial charge in [0.25, 0.3) is 0 Å². The van der Waals surface area contributed by atoms with E-state index in [2.05, 4.69) is 15.0 Å². The Morgan fingerprint density at radius 1 is 1.50 bits per heavy atom. The number of anilines is 1. The van der Waals surface area contributed by atoms with Crippen molar-refractivity contribution in [3.8, 4) is 11.4 Å². The third-order valence-corrected chi connectivity index (χ3v) is 2.53. The Morgan fingerprint density at radius 2 is 2.29 bits per heavy atom. The molecule has 0 spiro atoms. The average molecular weight is 208 g/mol. The van der Waals surface area contributed by atoms with E-state index < -0.39 is 5.69 Å². The summed E-state index contributed by atoms with van der Waals surface area (Å²) in [6.07, 6.45) is 0. The molecule has 0 aliphatic heterocycles. The first-order valence-corrected chi connectivity index (χ1v) is 4.82. The molecule has 0 saturated heterocycles. The van der Waals surface area contributed by atoms with E-state index in [0.717, 1.165) is 10.4 Å². The van der Waals surface area contributed by atoms with E-state index in [1.165, 1.54) is 0 Å². The number of thiophene rings is 1. The number of hydrogen-bond donors (Lipinski definition) is 2. The van der Waals surface area contributed by atoms with Crippen LogP contribution in [0.2, 0.25) is 0 Å². The van der Waals surface area contributed by atoms with Crippen molar-refractivity contribution < 1.29 is 0 Å². The molecule has 0 saturated carbocycles. The van der Waals surface area contributed by atoms with Gasteiger partial charge in [-0.25, -0.2) is 4.79 Å². The Labute approximate surface area is 83.7 Å². The van der Waals surface area contributed by atoms with Gasteiger partial charge in [-0.15, -0.1) is 11.3 Å². The number of hydrogen-bond acceptors (Lipinski definition) is 5. The SMILES string of the molecule is Cc1cc(-c2nc(N)nc(=O)[nH]2)cs1. The van der Waals surface area contributed by atoms with Gasteiger partial charge < -0.3 is 5.73 Å². The molecule has 2 aromatic heterocycles. The van der Waals surface area contributed by atoms with Crippen molar-refractivity contribution in [2.45, 2.75) is 6.92 Å². The number of aryl methyl sites for hydroxylation is 1. The van der Waals surface area contributed by atoms with Gasteiger partial charge in [0.05, 0.1) is 0 Å². The smallest absolute Gasteiger partial charge is 0.349 e. The second kappa shape index (κ2) is 3.22. The maximum Gasteiger partial charge on any atom is 0.349 e. The van der Waals surface area contributed by atoms with Crippen LogP contribution in [-0.4, -0.2) is 15.0 Å². The van der Waals surface area contributed by atoms with E-state index in [4.69, 9.17) is 5.73 Å². The van der Waals surface area contributed by atoms with Gasteiger partial charge in [0, 0.05) is 15.8 Å². The lowest BCUT2D eigenvalue weighted by molar-refractivity contribution is 1.01. The fourth-order valence-electron chi connectivity index (χ4n) is 1.11. The van der Waals surface area contributed by atoms with Crippen LogP contribution in [0.15, 0.2) is 16.2 Å². The minimum absolute atomic E-state index is 0.00685. The fourth-order valence-corrected chi connectivity index (χ4v) is 1.79. The Bertz CT molecular complexity index is 516. The summed E-state index contributed by atoms with van der Waals surface area (Å²) < 4.78 is 0. The first-order valence-electron chi connectivity index (χ1n) is 3.94. The predicted molar refractivity (Wildman–Crippen MR) is 55.1 cm³/mol. The number of H-pyrrole nitrogens is 1. The molecule has 6 heteroatoms. The van der Waals surface area contributed by atoms with Gasteiger partial charge in [0.15, 0.2) is 0 Å². The zero-order valence-electron chi connectivity index (χ0n) is 7.44. The molecule has 14 heavy (non-hydrogen) atoms. The Kier molecular flexibility index (Phi) is 2.05. The summed E-state index contributed by atoms with van der Waals surface area (Å²) in [6.45, 7) is 1.98. The third-order valence-electron chi connectivity index (χ3n) is 1.67. The molecule has 0 radical (unpaired) electrons. The Morgan fingerprint density at radius 3 is 2.86 bits per heavy atom. The summed E-state index contributed by atoms with van der Waals surface area (Å²) in [5.41, 5.74) is 5.75. The monoisotopic (exact) mass is 208 g/mol. The molecule has 0 fully saturated rings. The number of aromatic amines is 1. The highest BCUT2D eigenvalue weighted by Crippen LogP contribution is 2.21. The Hall–Kier alpha value is -1.69. The molecule has 0 aliphatic rings. The Balaban J connectivity index is 2.56. The van der Waals surface area contributed by atoms with Crippen molar-refractivity contribution in [1.82, 2.24) is 15.0 Å². The largest absolute Gasteiger partial charge is 0.368 e. The van der Waals surface area contributed by atoms with Crippen LogP contribution >= 0.6 is 11.3 Å². The van der Waals surface area contributed by atoms with Crippen LogP contribution in [-0.2, 0) is 0 Å². The first-order chi connectivity index (χ1) is 6.65. The first kappa shape index (κ1) is 8.89. The van der Waals surface area contributed by atoms with E-state index in [1.807, 2.05) is 18.4 Å². The molecule has 2 aromatic rings. The van der Waals surface area contributed by atoms with Crippen molar-refractivity contribution in [3.63, 3.8) is 0 Å². The molecule has 3 N–H and O–H groups in total. The molecular weight excluding hydrogens is 200 g/mol. The van der Waals surface area contributed by atoms with Gasteiger partial charge in [-0.05, 0) is 13.0 Å². The van der Waals surface area contributed by atoms with Crippen LogP contribution in [0.3, 0.4) is 0 Å². The highest BCUT2D eigenvalue weighted by Gasteiger charge is 2.04. The zero-order chi connectivity index (χ0) is 10.1. The molecule has 0 aliphatic carbocycles. The summed E-state index contributed by atoms with van der Waals surface area (Å²) in [5, 5.41) is 1.91. The number of nitrogens with one attached hydrogen (secondary N) is 1. The van der Waals surface area contributed by atoms with Gasteiger partial charge in [0.2, 0.25) is 5.95 Å². The van der Waals surface area contributed by atoms with Gasteiger partial charge in [-0.3, -0.25) is 4.98 Å². The van der Waals surface area contributed by atoms with E-state index in [0.29, 0.717) is 5.82 Å². The third kappa shape index (κ3) is 1.64. The summed E-state index contributed by atoms with van der Waals surface area (Å²) in [6, 6.07) is 1.93. The van der Waals surface area contributed by atoms with Gasteiger partial charge in [-0.2, -0.15) is 9.97 Å². The number of nitrogens with two attached hydrogens (primary N) is 1. The molecule has 0 unspecified atom stereocenters. The van der Waals surface area contributed by atoms with Crippen LogP contribution in [0.5, 0.6) is 0 Å². The summed E-state index contributed by atoms with van der Waals surface area (Å²) in [7, 11) is 0. The van der Waals surface area contributed by atoms with Crippen LogP contribution in [0, 0.1) is 6.92 Å². The molecule has 5 nitrogen and oxygen atoms in total. The van der Waals surface area contributed by atoms with E-state index in [1.54, 1.807) is 11.3 Å². The van der Waals surface area contributed by atoms with E-state index >= 15 is 0 Å². The van der Waals surface area contributed by atoms with E-state index in [9.17, 15) is 4.79 Å². The molecular formula is C8H8N4OS. The maximum atomic E-state index is 11.0. The second-order valence-corrected chi connectivity index (χ2v) is 3.92. The van der Waals surface area contributed by atoms with Gasteiger partial charge in [0.1, 0.15) is 5.82 Å². The summed E-state index contributed by atoms with van der Waals surface area (Å²) in [5.74, 6) is 0.458. The normalized spacial score (nSPS) is 10.4. The molecule has 0 amide bonds.